The number of piperazine rings is 1. The lowest BCUT2D eigenvalue weighted by atomic mass is 9.99. The molecule has 7 nitrogen and oxygen atoms in total. The lowest BCUT2D eigenvalue weighted by Gasteiger charge is -2.34. The van der Waals surface area contributed by atoms with Crippen molar-refractivity contribution in [3.8, 4) is 0 Å². The summed E-state index contributed by atoms with van der Waals surface area (Å²) in [6.07, 6.45) is 2.88. The van der Waals surface area contributed by atoms with Gasteiger partial charge in [0.05, 0.1) is 17.9 Å². The standard InChI is InChI=1S/C17H24N4O3/c1-10-8-13-15(18-19(3)16(13)11(2)24-10)17(23)20-6-7-21(12-4-5-12)14(22)9-20/h10-12H,4-9H2,1-3H3/t10-,11+/m1/s1. The summed E-state index contributed by atoms with van der Waals surface area (Å²) >= 11 is 0. The summed E-state index contributed by atoms with van der Waals surface area (Å²) < 4.78 is 7.60. The van der Waals surface area contributed by atoms with Crippen LogP contribution in [0.25, 0.3) is 0 Å². The molecule has 2 aliphatic heterocycles. The van der Waals surface area contributed by atoms with E-state index in [1.54, 1.807) is 9.58 Å². The van der Waals surface area contributed by atoms with Crippen LogP contribution in [-0.2, 0) is 23.0 Å². The Bertz CT molecular complexity index is 694. The average molecular weight is 332 g/mol. The highest BCUT2D eigenvalue weighted by atomic mass is 16.5. The Kier molecular flexibility index (Phi) is 3.63. The summed E-state index contributed by atoms with van der Waals surface area (Å²) in [4.78, 5) is 28.9. The van der Waals surface area contributed by atoms with Gasteiger partial charge in [-0.1, -0.05) is 0 Å². The zero-order valence-corrected chi connectivity index (χ0v) is 14.5. The Morgan fingerprint density at radius 2 is 2.00 bits per heavy atom. The second-order valence-corrected chi connectivity index (χ2v) is 7.17. The number of hydrogen-bond acceptors (Lipinski definition) is 4. The number of nitrogens with zero attached hydrogens (tertiary/aromatic N) is 4. The van der Waals surface area contributed by atoms with E-state index in [2.05, 4.69) is 5.10 Å². The summed E-state index contributed by atoms with van der Waals surface area (Å²) in [6, 6.07) is 0.413. The molecule has 3 heterocycles. The minimum Gasteiger partial charge on any atom is -0.369 e. The number of rotatable bonds is 2. The fourth-order valence-electron chi connectivity index (χ4n) is 3.99. The van der Waals surface area contributed by atoms with Crippen LogP contribution in [0.5, 0.6) is 0 Å². The maximum absolute atomic E-state index is 13.0. The fourth-order valence-corrected chi connectivity index (χ4v) is 3.99. The van der Waals surface area contributed by atoms with Gasteiger partial charge in [0.15, 0.2) is 5.69 Å². The Labute approximate surface area is 141 Å². The summed E-state index contributed by atoms with van der Waals surface area (Å²) in [5, 5.41) is 4.46. The molecule has 4 rings (SSSR count). The van der Waals surface area contributed by atoms with Crippen LogP contribution in [-0.4, -0.2) is 63.2 Å². The SMILES string of the molecule is C[C@@H]1Cc2c(C(=O)N3CCN(C4CC4)C(=O)C3)nn(C)c2[C@H](C)O1. The third-order valence-corrected chi connectivity index (χ3v) is 5.24. The van der Waals surface area contributed by atoms with Gasteiger partial charge < -0.3 is 14.5 Å². The van der Waals surface area contributed by atoms with Crippen molar-refractivity contribution in [3.05, 3.63) is 17.0 Å². The molecule has 1 saturated heterocycles. The van der Waals surface area contributed by atoms with Gasteiger partial charge in [0, 0.05) is 38.2 Å². The number of carbonyl (C=O) groups is 2. The van der Waals surface area contributed by atoms with E-state index in [0.717, 1.165) is 24.1 Å². The van der Waals surface area contributed by atoms with Crippen LogP contribution in [0, 0.1) is 0 Å². The largest absolute Gasteiger partial charge is 0.369 e. The van der Waals surface area contributed by atoms with Crippen LogP contribution in [0.15, 0.2) is 0 Å². The number of amides is 2. The molecule has 7 heteroatoms. The van der Waals surface area contributed by atoms with Crippen molar-refractivity contribution in [2.45, 2.75) is 51.4 Å². The van der Waals surface area contributed by atoms with Crippen LogP contribution in [0.1, 0.15) is 54.5 Å². The van der Waals surface area contributed by atoms with E-state index in [9.17, 15) is 9.59 Å². The van der Waals surface area contributed by atoms with Gasteiger partial charge in [-0.05, 0) is 26.7 Å². The molecular formula is C17H24N4O3. The summed E-state index contributed by atoms with van der Waals surface area (Å²) in [6.45, 7) is 5.40. The summed E-state index contributed by atoms with van der Waals surface area (Å²) in [7, 11) is 1.85. The van der Waals surface area contributed by atoms with E-state index in [1.165, 1.54) is 0 Å². The highest BCUT2D eigenvalue weighted by Gasteiger charge is 2.39. The van der Waals surface area contributed by atoms with Gasteiger partial charge in [0.25, 0.3) is 5.91 Å². The lowest BCUT2D eigenvalue weighted by molar-refractivity contribution is -0.135. The average Bonchev–Trinajstić information content (AvgIpc) is 3.30. The number of fused-ring (bicyclic) bond motifs is 1. The van der Waals surface area contributed by atoms with E-state index in [1.807, 2.05) is 25.8 Å². The molecule has 1 aromatic rings. The second kappa shape index (κ2) is 5.58. The summed E-state index contributed by atoms with van der Waals surface area (Å²) in [5.74, 6) is -0.0658. The van der Waals surface area contributed by atoms with Gasteiger partial charge in [0.2, 0.25) is 5.91 Å². The predicted octanol–water partition coefficient (Wildman–Crippen LogP) is 0.889. The number of carbonyl (C=O) groups excluding carboxylic acids is 2. The van der Waals surface area contributed by atoms with Gasteiger partial charge >= 0.3 is 0 Å². The van der Waals surface area contributed by atoms with Gasteiger partial charge in [-0.15, -0.1) is 0 Å². The quantitative estimate of drug-likeness (QED) is 0.807. The molecule has 3 aliphatic rings. The first-order valence-corrected chi connectivity index (χ1v) is 8.75. The van der Waals surface area contributed by atoms with Crippen LogP contribution < -0.4 is 0 Å². The first-order chi connectivity index (χ1) is 11.5. The molecule has 1 saturated carbocycles. The minimum absolute atomic E-state index is 0.0620. The van der Waals surface area contributed by atoms with Crippen molar-refractivity contribution in [1.29, 1.82) is 0 Å². The monoisotopic (exact) mass is 332 g/mol. The topological polar surface area (TPSA) is 67.7 Å². The number of ether oxygens (including phenoxy) is 1. The third kappa shape index (κ3) is 2.51. The molecule has 2 fully saturated rings. The van der Waals surface area contributed by atoms with Crippen molar-refractivity contribution in [1.82, 2.24) is 19.6 Å². The molecule has 130 valence electrons. The first kappa shape index (κ1) is 15.6. The number of aryl methyl sites for hydroxylation is 1. The molecule has 0 unspecified atom stereocenters. The summed E-state index contributed by atoms with van der Waals surface area (Å²) in [5.41, 5.74) is 2.44. The van der Waals surface area contributed by atoms with Crippen molar-refractivity contribution >= 4 is 11.8 Å². The number of aromatic nitrogens is 2. The minimum atomic E-state index is -0.128. The zero-order valence-electron chi connectivity index (χ0n) is 14.5. The Hall–Kier alpha value is -1.89. The maximum Gasteiger partial charge on any atom is 0.275 e. The molecule has 0 N–H and O–H groups in total. The van der Waals surface area contributed by atoms with Crippen molar-refractivity contribution < 1.29 is 14.3 Å². The van der Waals surface area contributed by atoms with Gasteiger partial charge in [-0.25, -0.2) is 0 Å². The van der Waals surface area contributed by atoms with E-state index in [4.69, 9.17) is 4.74 Å². The molecule has 1 aromatic heterocycles. The second-order valence-electron chi connectivity index (χ2n) is 7.17. The zero-order chi connectivity index (χ0) is 17.0. The van der Waals surface area contributed by atoms with E-state index in [0.29, 0.717) is 31.2 Å². The maximum atomic E-state index is 13.0. The molecule has 2 atom stereocenters. The fraction of sp³-hybridized carbons (Fsp3) is 0.706. The van der Waals surface area contributed by atoms with Gasteiger partial charge in [0.1, 0.15) is 6.54 Å². The molecule has 24 heavy (non-hydrogen) atoms. The third-order valence-electron chi connectivity index (χ3n) is 5.24. The van der Waals surface area contributed by atoms with E-state index >= 15 is 0 Å². The van der Waals surface area contributed by atoms with Crippen LogP contribution in [0.3, 0.4) is 0 Å². The van der Waals surface area contributed by atoms with Crippen molar-refractivity contribution in [3.63, 3.8) is 0 Å². The van der Waals surface area contributed by atoms with Crippen LogP contribution in [0.4, 0.5) is 0 Å². The predicted molar refractivity (Wildman–Crippen MR) is 86.5 cm³/mol. The molecule has 0 bridgehead atoms. The van der Waals surface area contributed by atoms with Crippen molar-refractivity contribution in [2.24, 2.45) is 7.05 Å². The first-order valence-electron chi connectivity index (χ1n) is 8.75. The number of hydrogen-bond donors (Lipinski definition) is 0. The molecule has 0 spiro atoms. The highest BCUT2D eigenvalue weighted by molar-refractivity contribution is 5.97. The Balaban J connectivity index is 1.57. The molecular weight excluding hydrogens is 308 g/mol. The smallest absolute Gasteiger partial charge is 0.275 e. The normalized spacial score (nSPS) is 27.4. The van der Waals surface area contributed by atoms with Gasteiger partial charge in [-0.3, -0.25) is 14.3 Å². The highest BCUT2D eigenvalue weighted by Crippen LogP contribution is 2.33. The van der Waals surface area contributed by atoms with Crippen molar-refractivity contribution in [2.75, 3.05) is 19.6 Å². The Morgan fingerprint density at radius 1 is 1.25 bits per heavy atom. The van der Waals surface area contributed by atoms with E-state index in [-0.39, 0.29) is 30.6 Å². The van der Waals surface area contributed by atoms with Crippen LogP contribution in [0.2, 0.25) is 0 Å². The lowest BCUT2D eigenvalue weighted by Crippen LogP contribution is -2.53. The molecule has 0 aromatic carbocycles. The molecule has 1 aliphatic carbocycles. The molecule has 0 radical (unpaired) electrons. The van der Waals surface area contributed by atoms with Crippen LogP contribution >= 0.6 is 0 Å². The van der Waals surface area contributed by atoms with E-state index < -0.39 is 0 Å². The van der Waals surface area contributed by atoms with Gasteiger partial charge in [-0.2, -0.15) is 5.10 Å². The molecule has 2 amide bonds. The Morgan fingerprint density at radius 3 is 2.67 bits per heavy atom.